The Hall–Kier alpha value is -2.23. The first-order chi connectivity index (χ1) is 12.8. The minimum absolute atomic E-state index is 0. The summed E-state index contributed by atoms with van der Waals surface area (Å²) < 4.78 is 24.8. The highest BCUT2D eigenvalue weighted by atomic mass is 35.5. The van der Waals surface area contributed by atoms with E-state index in [9.17, 15) is 4.39 Å². The first-order valence-corrected chi connectivity index (χ1v) is 8.72. The molecular weight excluding hydrogens is 375 g/mol. The second kappa shape index (κ2) is 9.12. The molecule has 0 atom stereocenters. The number of nitrogens with zero attached hydrogens (tertiary/aromatic N) is 5. The number of benzene rings is 1. The predicted octanol–water partition coefficient (Wildman–Crippen LogP) is 1.85. The van der Waals surface area contributed by atoms with Crippen molar-refractivity contribution in [1.82, 2.24) is 15.0 Å². The predicted molar refractivity (Wildman–Crippen MR) is 103 cm³/mol. The molecule has 0 unspecified atom stereocenters. The van der Waals surface area contributed by atoms with Gasteiger partial charge in [-0.25, -0.2) is 4.39 Å². The van der Waals surface area contributed by atoms with Crippen molar-refractivity contribution in [3.05, 3.63) is 30.1 Å². The number of hydrogen-bond donors (Lipinski definition) is 1. The molecule has 0 spiro atoms. The maximum Gasteiger partial charge on any atom is 0.233 e. The minimum atomic E-state index is -0.353. The average Bonchev–Trinajstić information content (AvgIpc) is 2.71. The zero-order chi connectivity index (χ0) is 17.8. The van der Waals surface area contributed by atoms with E-state index in [1.807, 2.05) is 0 Å². The van der Waals surface area contributed by atoms with Crippen molar-refractivity contribution in [1.29, 1.82) is 0 Å². The van der Waals surface area contributed by atoms with Crippen LogP contribution in [0.25, 0.3) is 0 Å². The van der Waals surface area contributed by atoms with Crippen LogP contribution in [0.2, 0.25) is 0 Å². The lowest BCUT2D eigenvalue weighted by Gasteiger charge is -2.30. The molecule has 4 rings (SSSR count). The molecular formula is C17H22ClFN6O2. The molecule has 10 heteroatoms. The molecule has 1 aromatic carbocycles. The van der Waals surface area contributed by atoms with Gasteiger partial charge < -0.3 is 24.6 Å². The van der Waals surface area contributed by atoms with Crippen LogP contribution in [0.3, 0.4) is 0 Å². The minimum Gasteiger partial charge on any atom is -0.378 e. The van der Waals surface area contributed by atoms with Crippen LogP contribution in [0, 0.1) is 5.82 Å². The lowest BCUT2D eigenvalue weighted by atomic mass is 10.3. The Morgan fingerprint density at radius 3 is 1.85 bits per heavy atom. The normalized spacial score (nSPS) is 17.4. The van der Waals surface area contributed by atoms with Gasteiger partial charge in [0.25, 0.3) is 0 Å². The van der Waals surface area contributed by atoms with Crippen LogP contribution in [0.4, 0.5) is 27.9 Å². The SMILES string of the molecule is Cl.Fc1ccccc1Nc1nc(N2CCOCC2)nc(N2CCOCC2)n1. The molecule has 8 nitrogen and oxygen atoms in total. The molecule has 146 valence electrons. The van der Waals surface area contributed by atoms with E-state index in [1.165, 1.54) is 6.07 Å². The third-order valence-corrected chi connectivity index (χ3v) is 4.32. The largest absolute Gasteiger partial charge is 0.378 e. The van der Waals surface area contributed by atoms with E-state index in [0.717, 1.165) is 0 Å². The summed E-state index contributed by atoms with van der Waals surface area (Å²) in [6, 6.07) is 6.46. The number of nitrogens with one attached hydrogen (secondary N) is 1. The molecule has 0 saturated carbocycles. The van der Waals surface area contributed by atoms with Gasteiger partial charge in [0.2, 0.25) is 17.8 Å². The van der Waals surface area contributed by atoms with Crippen LogP contribution in [0.15, 0.2) is 24.3 Å². The van der Waals surface area contributed by atoms with Gasteiger partial charge in [-0.05, 0) is 12.1 Å². The quantitative estimate of drug-likeness (QED) is 0.839. The van der Waals surface area contributed by atoms with Crippen molar-refractivity contribution in [3.63, 3.8) is 0 Å². The summed E-state index contributed by atoms with van der Waals surface area (Å²) in [5, 5.41) is 2.98. The number of rotatable bonds is 4. The molecule has 2 fully saturated rings. The molecule has 0 bridgehead atoms. The van der Waals surface area contributed by atoms with E-state index in [4.69, 9.17) is 9.47 Å². The van der Waals surface area contributed by atoms with Crippen molar-refractivity contribution in [2.45, 2.75) is 0 Å². The summed E-state index contributed by atoms with van der Waals surface area (Å²) >= 11 is 0. The van der Waals surface area contributed by atoms with Crippen molar-refractivity contribution in [2.75, 3.05) is 67.7 Å². The van der Waals surface area contributed by atoms with Crippen LogP contribution < -0.4 is 15.1 Å². The Kier molecular flexibility index (Phi) is 6.59. The van der Waals surface area contributed by atoms with Crippen LogP contribution in [0.5, 0.6) is 0 Å². The van der Waals surface area contributed by atoms with E-state index >= 15 is 0 Å². The highest BCUT2D eigenvalue weighted by Crippen LogP contribution is 2.22. The van der Waals surface area contributed by atoms with E-state index in [2.05, 4.69) is 30.1 Å². The van der Waals surface area contributed by atoms with Crippen LogP contribution >= 0.6 is 12.4 Å². The molecule has 2 aromatic rings. The smallest absolute Gasteiger partial charge is 0.233 e. The number of anilines is 4. The lowest BCUT2D eigenvalue weighted by molar-refractivity contribution is 0.121. The van der Waals surface area contributed by atoms with Crippen LogP contribution in [-0.2, 0) is 9.47 Å². The van der Waals surface area contributed by atoms with Gasteiger partial charge in [0.05, 0.1) is 32.1 Å². The number of para-hydroxylation sites is 1. The maximum absolute atomic E-state index is 14.0. The fourth-order valence-corrected chi connectivity index (χ4v) is 2.90. The van der Waals surface area contributed by atoms with Gasteiger partial charge in [-0.3, -0.25) is 0 Å². The monoisotopic (exact) mass is 396 g/mol. The van der Waals surface area contributed by atoms with Gasteiger partial charge in [0.15, 0.2) is 0 Å². The van der Waals surface area contributed by atoms with Gasteiger partial charge in [-0.2, -0.15) is 15.0 Å². The van der Waals surface area contributed by atoms with Gasteiger partial charge >= 0.3 is 0 Å². The maximum atomic E-state index is 14.0. The highest BCUT2D eigenvalue weighted by Gasteiger charge is 2.21. The Labute approximate surface area is 163 Å². The van der Waals surface area contributed by atoms with Crippen molar-refractivity contribution in [2.24, 2.45) is 0 Å². The molecule has 0 aliphatic carbocycles. The first-order valence-electron chi connectivity index (χ1n) is 8.72. The van der Waals surface area contributed by atoms with Crippen molar-refractivity contribution >= 4 is 35.9 Å². The fourth-order valence-electron chi connectivity index (χ4n) is 2.90. The second-order valence-electron chi connectivity index (χ2n) is 6.06. The van der Waals surface area contributed by atoms with E-state index < -0.39 is 0 Å². The number of halogens is 2. The summed E-state index contributed by atoms with van der Waals surface area (Å²) in [4.78, 5) is 17.7. The molecule has 2 saturated heterocycles. The van der Waals surface area contributed by atoms with Crippen LogP contribution in [-0.4, -0.2) is 67.6 Å². The molecule has 3 heterocycles. The Morgan fingerprint density at radius 2 is 1.33 bits per heavy atom. The Balaban J connectivity index is 0.00000210. The fraction of sp³-hybridized carbons (Fsp3) is 0.471. The number of aromatic nitrogens is 3. The first kappa shape index (κ1) is 19.5. The highest BCUT2D eigenvalue weighted by molar-refractivity contribution is 5.85. The van der Waals surface area contributed by atoms with E-state index in [0.29, 0.717) is 76.1 Å². The van der Waals surface area contributed by atoms with Gasteiger partial charge in [0, 0.05) is 26.2 Å². The molecule has 27 heavy (non-hydrogen) atoms. The Morgan fingerprint density at radius 1 is 0.815 bits per heavy atom. The van der Waals surface area contributed by atoms with Crippen LogP contribution in [0.1, 0.15) is 0 Å². The third kappa shape index (κ3) is 4.74. The summed E-state index contributed by atoms with van der Waals surface area (Å²) in [6.45, 7) is 5.39. The van der Waals surface area contributed by atoms with Crippen molar-refractivity contribution < 1.29 is 13.9 Å². The van der Waals surface area contributed by atoms with Gasteiger partial charge in [0.1, 0.15) is 5.82 Å². The Bertz CT molecular complexity index is 720. The average molecular weight is 397 g/mol. The van der Waals surface area contributed by atoms with Gasteiger partial charge in [-0.15, -0.1) is 12.4 Å². The standard InChI is InChI=1S/C17H21FN6O2.ClH/c18-13-3-1-2-4-14(13)19-15-20-16(23-5-9-25-10-6-23)22-17(21-15)24-7-11-26-12-8-24;/h1-4H,5-12H2,(H,19,20,21,22);1H. The lowest BCUT2D eigenvalue weighted by Crippen LogP contribution is -2.40. The number of ether oxygens (including phenoxy) is 2. The molecule has 0 amide bonds. The second-order valence-corrected chi connectivity index (χ2v) is 6.06. The van der Waals surface area contributed by atoms with Gasteiger partial charge in [-0.1, -0.05) is 12.1 Å². The molecule has 2 aliphatic rings. The van der Waals surface area contributed by atoms with E-state index in [1.54, 1.807) is 18.2 Å². The van der Waals surface area contributed by atoms with Crippen molar-refractivity contribution in [3.8, 4) is 0 Å². The summed E-state index contributed by atoms with van der Waals surface area (Å²) in [5.74, 6) is 1.12. The molecule has 0 radical (unpaired) electrons. The summed E-state index contributed by atoms with van der Waals surface area (Å²) in [6.07, 6.45) is 0. The number of morpholine rings is 2. The molecule has 1 N–H and O–H groups in total. The third-order valence-electron chi connectivity index (χ3n) is 4.32. The zero-order valence-corrected chi connectivity index (χ0v) is 15.6. The van der Waals surface area contributed by atoms with E-state index in [-0.39, 0.29) is 18.2 Å². The summed E-state index contributed by atoms with van der Waals surface area (Å²) in [7, 11) is 0. The molecule has 1 aromatic heterocycles. The topological polar surface area (TPSA) is 75.6 Å². The summed E-state index contributed by atoms with van der Waals surface area (Å²) in [5.41, 5.74) is 0.333. The zero-order valence-electron chi connectivity index (χ0n) is 14.8. The molecule has 2 aliphatic heterocycles. The number of hydrogen-bond acceptors (Lipinski definition) is 8.